The number of carbonyl (C=O) groups excluding carboxylic acids is 1. The highest BCUT2D eigenvalue weighted by molar-refractivity contribution is 5.94. The lowest BCUT2D eigenvalue weighted by atomic mass is 9.83. The van der Waals surface area contributed by atoms with Crippen LogP contribution in [-0.2, 0) is 11.2 Å². The molecule has 2 aromatic carbocycles. The number of ether oxygens (including phenoxy) is 3. The Morgan fingerprint density at radius 1 is 1.00 bits per heavy atom. The normalized spacial score (nSPS) is 13.5. The highest BCUT2D eigenvalue weighted by atomic mass is 16.5. The second-order valence-electron chi connectivity index (χ2n) is 9.32. The Morgan fingerprint density at radius 2 is 1.73 bits per heavy atom. The lowest BCUT2D eigenvalue weighted by molar-refractivity contribution is 0.0834. The van der Waals surface area contributed by atoms with Crippen molar-refractivity contribution in [1.82, 2.24) is 10.6 Å². The van der Waals surface area contributed by atoms with Crippen molar-refractivity contribution in [2.75, 3.05) is 34.0 Å². The molecule has 0 saturated carbocycles. The molecule has 9 heteroatoms. The molecule has 0 aliphatic rings. The number of hydrogen-bond donors (Lipinski definition) is 4. The van der Waals surface area contributed by atoms with Crippen molar-refractivity contribution in [1.29, 1.82) is 0 Å². The van der Waals surface area contributed by atoms with E-state index >= 15 is 0 Å². The van der Waals surface area contributed by atoms with E-state index in [1.165, 1.54) is 0 Å². The Hall–Kier alpha value is -3.30. The van der Waals surface area contributed by atoms with Crippen molar-refractivity contribution in [3.05, 3.63) is 59.7 Å². The Balaban J connectivity index is 2.09. The molecule has 0 fully saturated rings. The molecule has 0 aromatic heterocycles. The summed E-state index contributed by atoms with van der Waals surface area (Å²) in [6, 6.07) is 13.7. The van der Waals surface area contributed by atoms with Crippen LogP contribution in [0.25, 0.3) is 0 Å². The van der Waals surface area contributed by atoms with Crippen LogP contribution in [0.4, 0.5) is 4.79 Å². The molecule has 0 bridgehead atoms. The van der Waals surface area contributed by atoms with Gasteiger partial charge >= 0.3 is 6.09 Å². The van der Waals surface area contributed by atoms with Gasteiger partial charge in [-0.25, -0.2) is 4.79 Å². The molecule has 0 radical (unpaired) electrons. The van der Waals surface area contributed by atoms with Gasteiger partial charge in [0, 0.05) is 32.2 Å². The molecule has 0 aliphatic carbocycles. The molecule has 2 rings (SSSR count). The Bertz CT molecular complexity index is 968. The first-order valence-corrected chi connectivity index (χ1v) is 12.5. The lowest BCUT2D eigenvalue weighted by Crippen LogP contribution is -2.49. The van der Waals surface area contributed by atoms with Crippen molar-refractivity contribution in [2.24, 2.45) is 11.8 Å². The summed E-state index contributed by atoms with van der Waals surface area (Å²) in [5.74, 6) is 1.20. The minimum atomic E-state index is -1.22. The lowest BCUT2D eigenvalue weighted by Gasteiger charge is -2.30. The quantitative estimate of drug-likeness (QED) is 0.250. The second kappa shape index (κ2) is 15.7. The average molecular weight is 517 g/mol. The van der Waals surface area contributed by atoms with Crippen molar-refractivity contribution < 1.29 is 34.0 Å². The average Bonchev–Trinajstić information content (AvgIpc) is 2.89. The van der Waals surface area contributed by atoms with Crippen LogP contribution in [-0.4, -0.2) is 68.3 Å². The van der Waals surface area contributed by atoms with Gasteiger partial charge in [0.2, 0.25) is 0 Å². The fourth-order valence-electron chi connectivity index (χ4n) is 4.07. The zero-order chi connectivity index (χ0) is 27.2. The van der Waals surface area contributed by atoms with E-state index in [0.29, 0.717) is 43.1 Å². The molecular weight excluding hydrogens is 476 g/mol. The first kappa shape index (κ1) is 29.9. The Labute approximate surface area is 219 Å². The number of rotatable bonds is 16. The summed E-state index contributed by atoms with van der Waals surface area (Å²) >= 11 is 0. The molecule has 0 spiro atoms. The number of amides is 2. The molecule has 204 valence electrons. The number of nitrogens with one attached hydrogen (secondary N) is 2. The maximum Gasteiger partial charge on any atom is 0.404 e. The maximum atomic E-state index is 12.4. The van der Waals surface area contributed by atoms with E-state index < -0.39 is 18.2 Å². The van der Waals surface area contributed by atoms with E-state index in [1.54, 1.807) is 38.5 Å². The Morgan fingerprint density at radius 3 is 2.35 bits per heavy atom. The van der Waals surface area contributed by atoms with E-state index in [-0.39, 0.29) is 24.3 Å². The molecule has 0 saturated heterocycles. The van der Waals surface area contributed by atoms with Crippen LogP contribution in [0.3, 0.4) is 0 Å². The molecule has 2 aromatic rings. The van der Waals surface area contributed by atoms with Crippen molar-refractivity contribution in [2.45, 2.75) is 45.3 Å². The van der Waals surface area contributed by atoms with Gasteiger partial charge in [0.1, 0.15) is 0 Å². The van der Waals surface area contributed by atoms with Crippen LogP contribution in [0.5, 0.6) is 11.5 Å². The molecule has 0 aliphatic heterocycles. The van der Waals surface area contributed by atoms with E-state index in [0.717, 1.165) is 12.0 Å². The van der Waals surface area contributed by atoms with Crippen LogP contribution in [0.2, 0.25) is 0 Å². The third kappa shape index (κ3) is 10.3. The molecule has 2 amide bonds. The van der Waals surface area contributed by atoms with Crippen molar-refractivity contribution >= 4 is 12.0 Å². The van der Waals surface area contributed by atoms with Gasteiger partial charge in [-0.1, -0.05) is 38.1 Å². The summed E-state index contributed by atoms with van der Waals surface area (Å²) in [6.45, 7) is 5.15. The van der Waals surface area contributed by atoms with Gasteiger partial charge in [-0.2, -0.15) is 0 Å². The molecule has 0 unspecified atom stereocenters. The van der Waals surface area contributed by atoms with Crippen molar-refractivity contribution in [3.8, 4) is 11.5 Å². The summed E-state index contributed by atoms with van der Waals surface area (Å²) in [7, 11) is 3.24. The molecular formula is C28H40N2O7. The zero-order valence-electron chi connectivity index (χ0n) is 22.1. The van der Waals surface area contributed by atoms with Gasteiger partial charge in [-0.15, -0.1) is 0 Å². The van der Waals surface area contributed by atoms with Gasteiger partial charge in [0.25, 0.3) is 5.91 Å². The number of aliphatic hydroxyl groups excluding tert-OH is 1. The monoisotopic (exact) mass is 516 g/mol. The first-order valence-electron chi connectivity index (χ1n) is 12.5. The van der Waals surface area contributed by atoms with E-state index in [4.69, 9.17) is 14.2 Å². The summed E-state index contributed by atoms with van der Waals surface area (Å²) in [5.41, 5.74) is 1.49. The standard InChI is InChI=1S/C28H40N2O7/c1-19(2)22(15-20-11-12-25(36-4)26(16-20)37-14-8-13-35-3)17-23(30-28(33)34)24(31)18-29-27(32)21-9-6-5-7-10-21/h5-7,9-12,16,19,22-24,30-31H,8,13-15,17-18H2,1-4H3,(H,29,32)(H,33,34)/t22-,23-,24-/m0/s1. The topological polar surface area (TPSA) is 126 Å². The van der Waals surface area contributed by atoms with Crippen LogP contribution in [0, 0.1) is 11.8 Å². The summed E-state index contributed by atoms with van der Waals surface area (Å²) in [6.07, 6.45) is -0.531. The van der Waals surface area contributed by atoms with Crippen LogP contribution < -0.4 is 20.1 Å². The molecule has 4 N–H and O–H groups in total. The number of carbonyl (C=O) groups is 2. The summed E-state index contributed by atoms with van der Waals surface area (Å²) < 4.78 is 16.4. The highest BCUT2D eigenvalue weighted by Gasteiger charge is 2.27. The van der Waals surface area contributed by atoms with Crippen LogP contribution in [0.1, 0.15) is 42.6 Å². The summed E-state index contributed by atoms with van der Waals surface area (Å²) in [5, 5.41) is 25.3. The van der Waals surface area contributed by atoms with Crippen LogP contribution in [0.15, 0.2) is 48.5 Å². The van der Waals surface area contributed by atoms with Gasteiger partial charge in [-0.05, 0) is 54.5 Å². The highest BCUT2D eigenvalue weighted by Crippen LogP contribution is 2.31. The number of carboxylic acid groups (broad SMARTS) is 1. The van der Waals surface area contributed by atoms with Crippen molar-refractivity contribution in [3.63, 3.8) is 0 Å². The number of methoxy groups -OCH3 is 2. The number of benzene rings is 2. The summed E-state index contributed by atoms with van der Waals surface area (Å²) in [4.78, 5) is 23.9. The smallest absolute Gasteiger partial charge is 0.404 e. The zero-order valence-corrected chi connectivity index (χ0v) is 22.1. The number of hydrogen-bond acceptors (Lipinski definition) is 6. The first-order chi connectivity index (χ1) is 17.7. The van der Waals surface area contributed by atoms with E-state index in [9.17, 15) is 19.8 Å². The second-order valence-corrected chi connectivity index (χ2v) is 9.32. The van der Waals surface area contributed by atoms with Gasteiger partial charge < -0.3 is 35.1 Å². The van der Waals surface area contributed by atoms with Gasteiger partial charge in [0.15, 0.2) is 11.5 Å². The van der Waals surface area contributed by atoms with Gasteiger partial charge in [0.05, 0.1) is 25.9 Å². The fourth-order valence-corrected chi connectivity index (χ4v) is 4.07. The third-order valence-electron chi connectivity index (χ3n) is 6.26. The Kier molecular flexibility index (Phi) is 12.7. The number of aliphatic hydroxyl groups is 1. The third-order valence-corrected chi connectivity index (χ3v) is 6.26. The minimum absolute atomic E-state index is 0.0473. The molecule has 9 nitrogen and oxygen atoms in total. The largest absolute Gasteiger partial charge is 0.493 e. The maximum absolute atomic E-state index is 12.4. The predicted octanol–water partition coefficient (Wildman–Crippen LogP) is 3.74. The molecule has 3 atom stereocenters. The SMILES string of the molecule is COCCCOc1cc(C[C@@H](C[C@H](NC(=O)O)[C@@H](O)CNC(=O)c2ccccc2)C(C)C)ccc1OC. The minimum Gasteiger partial charge on any atom is -0.493 e. The van der Waals surface area contributed by atoms with Crippen LogP contribution >= 0.6 is 0 Å². The van der Waals surface area contributed by atoms with Gasteiger partial charge in [-0.3, -0.25) is 4.79 Å². The molecule has 0 heterocycles. The molecule has 37 heavy (non-hydrogen) atoms. The predicted molar refractivity (Wildman–Crippen MR) is 141 cm³/mol. The van der Waals surface area contributed by atoms with E-state index in [2.05, 4.69) is 24.5 Å². The fraction of sp³-hybridized carbons (Fsp3) is 0.500. The van der Waals surface area contributed by atoms with E-state index in [1.807, 2.05) is 24.3 Å².